The lowest BCUT2D eigenvalue weighted by Gasteiger charge is -2.20. The Balaban J connectivity index is 1.67. The lowest BCUT2D eigenvalue weighted by molar-refractivity contribution is -0.127. The number of halogens is 3. The van der Waals surface area contributed by atoms with Crippen LogP contribution in [-0.2, 0) is 6.37 Å². The number of aromatic nitrogens is 1. The fourth-order valence-corrected chi connectivity index (χ4v) is 5.79. The summed E-state index contributed by atoms with van der Waals surface area (Å²) < 4.78 is 65.0. The topological polar surface area (TPSA) is 26.0 Å². The molecule has 0 saturated carbocycles. The van der Waals surface area contributed by atoms with E-state index in [0.29, 0.717) is 33.2 Å². The van der Waals surface area contributed by atoms with Gasteiger partial charge in [0.1, 0.15) is 11.2 Å². The lowest BCUT2D eigenvalue weighted by atomic mass is 9.85. The monoisotopic (exact) mass is 565 g/mol. The van der Waals surface area contributed by atoms with Crippen LogP contribution >= 0.6 is 0 Å². The van der Waals surface area contributed by atoms with Gasteiger partial charge in [0.15, 0.2) is 0 Å². The summed E-state index contributed by atoms with van der Waals surface area (Å²) in [5.74, 6) is 0.474. The number of fused-ring (bicyclic) bond motifs is 3. The van der Waals surface area contributed by atoms with E-state index in [1.54, 1.807) is 12.3 Å². The Bertz CT molecular complexity index is 1970. The molecule has 0 atom stereocenters. The standard InChI is InChI=1S/C37H32F3NO/c1-22(2)27-12-8-13-28(23(3)4)34(27)26-16-17-41-33(20-26)32-19-24(21-37(38,39)40)18-31-30-15-9-14-29(35(30)42-36(31)32)25-10-6-5-7-11-25/h5-20,22-23H,21H2,1-4H3/i21D2. The number of pyridine rings is 1. The summed E-state index contributed by atoms with van der Waals surface area (Å²) in [5.41, 5.74) is 7.06. The summed E-state index contributed by atoms with van der Waals surface area (Å²) >= 11 is 0. The molecule has 5 heteroatoms. The number of alkyl halides is 3. The molecule has 0 amide bonds. The molecule has 6 aromatic rings. The highest BCUT2D eigenvalue weighted by molar-refractivity contribution is 6.13. The van der Waals surface area contributed by atoms with Crippen molar-refractivity contribution in [3.05, 3.63) is 114 Å². The summed E-state index contributed by atoms with van der Waals surface area (Å²) in [6.07, 6.45) is -7.06. The van der Waals surface area contributed by atoms with E-state index in [-0.39, 0.29) is 11.8 Å². The normalized spacial score (nSPS) is 13.3. The zero-order valence-corrected chi connectivity index (χ0v) is 23.9. The number of nitrogens with zero attached hydrogens (tertiary/aromatic N) is 1. The maximum absolute atomic E-state index is 14.1. The largest absolute Gasteiger partial charge is 0.455 e. The first kappa shape index (κ1) is 25.3. The number of furan rings is 1. The SMILES string of the molecule is [2H]C([2H])(c1cc(-c2cc(-c3c(C(C)C)cccc3C(C)C)ccn2)c2oc3c(-c4ccccc4)cccc3c2c1)C(F)(F)F. The summed E-state index contributed by atoms with van der Waals surface area (Å²) in [6.45, 7) is 8.54. The molecule has 2 aromatic heterocycles. The van der Waals surface area contributed by atoms with Crippen LogP contribution in [0.4, 0.5) is 13.2 Å². The third-order valence-electron chi connectivity index (χ3n) is 7.67. The van der Waals surface area contributed by atoms with Gasteiger partial charge >= 0.3 is 6.18 Å². The molecule has 4 aromatic carbocycles. The minimum atomic E-state index is -5.12. The molecule has 0 unspecified atom stereocenters. The predicted molar refractivity (Wildman–Crippen MR) is 166 cm³/mol. The number of benzene rings is 4. The molecule has 212 valence electrons. The molecule has 0 saturated heterocycles. The predicted octanol–water partition coefficient (Wildman–Crippen LogP) is 11.3. The van der Waals surface area contributed by atoms with E-state index in [0.717, 1.165) is 33.4 Å². The van der Waals surface area contributed by atoms with Crippen LogP contribution in [-0.4, -0.2) is 11.2 Å². The number of para-hydroxylation sites is 1. The highest BCUT2D eigenvalue weighted by Gasteiger charge is 2.29. The van der Waals surface area contributed by atoms with Gasteiger partial charge in [-0.05, 0) is 69.5 Å². The molecule has 0 N–H and O–H groups in total. The van der Waals surface area contributed by atoms with E-state index in [2.05, 4.69) is 50.9 Å². The Labute approximate surface area is 246 Å². The summed E-state index contributed by atoms with van der Waals surface area (Å²) in [4.78, 5) is 4.61. The molecule has 0 aliphatic carbocycles. The molecule has 0 aliphatic heterocycles. The van der Waals surface area contributed by atoms with Gasteiger partial charge in [0.05, 0.1) is 12.1 Å². The third kappa shape index (κ3) is 5.20. The average Bonchev–Trinajstić information content (AvgIpc) is 3.39. The zero-order valence-electron chi connectivity index (χ0n) is 25.9. The van der Waals surface area contributed by atoms with Gasteiger partial charge in [-0.25, -0.2) is 0 Å². The van der Waals surface area contributed by atoms with Crippen molar-refractivity contribution < 1.29 is 20.3 Å². The molecule has 6 rings (SSSR count). The fraction of sp³-hybridized carbons (Fsp3) is 0.216. The maximum atomic E-state index is 14.1. The second-order valence-electron chi connectivity index (χ2n) is 11.2. The van der Waals surface area contributed by atoms with Gasteiger partial charge in [-0.15, -0.1) is 0 Å². The molecule has 42 heavy (non-hydrogen) atoms. The second kappa shape index (κ2) is 10.8. The van der Waals surface area contributed by atoms with Crippen LogP contribution in [0.3, 0.4) is 0 Å². The second-order valence-corrected chi connectivity index (χ2v) is 11.2. The molecular weight excluding hydrogens is 531 g/mol. The van der Waals surface area contributed by atoms with Crippen LogP contribution in [0, 0.1) is 0 Å². The molecule has 0 radical (unpaired) electrons. The van der Waals surface area contributed by atoms with Gasteiger partial charge < -0.3 is 4.42 Å². The Kier molecular flexibility index (Phi) is 6.51. The van der Waals surface area contributed by atoms with Crippen molar-refractivity contribution in [2.75, 3.05) is 0 Å². The number of hydrogen-bond acceptors (Lipinski definition) is 2. The van der Waals surface area contributed by atoms with Crippen molar-refractivity contribution in [1.82, 2.24) is 4.98 Å². The van der Waals surface area contributed by atoms with Gasteiger partial charge in [-0.2, -0.15) is 13.2 Å². The van der Waals surface area contributed by atoms with E-state index >= 15 is 0 Å². The third-order valence-corrected chi connectivity index (χ3v) is 7.67. The van der Waals surface area contributed by atoms with Crippen molar-refractivity contribution in [2.45, 2.75) is 52.1 Å². The smallest absolute Gasteiger partial charge is 0.393 e. The van der Waals surface area contributed by atoms with Gasteiger partial charge in [0, 0.05) is 30.8 Å². The molecule has 2 nitrogen and oxygen atoms in total. The molecule has 0 bridgehead atoms. The number of hydrogen-bond donors (Lipinski definition) is 0. The Morgan fingerprint density at radius 2 is 1.38 bits per heavy atom. The molecule has 0 fully saturated rings. The number of rotatable bonds is 6. The maximum Gasteiger partial charge on any atom is 0.393 e. The Hall–Kier alpha value is -4.38. The van der Waals surface area contributed by atoms with Gasteiger partial charge in [-0.3, -0.25) is 4.98 Å². The highest BCUT2D eigenvalue weighted by Crippen LogP contribution is 2.42. The van der Waals surface area contributed by atoms with Crippen LogP contribution in [0.15, 0.2) is 102 Å². The zero-order chi connectivity index (χ0) is 31.4. The van der Waals surface area contributed by atoms with Gasteiger partial charge in [-0.1, -0.05) is 94.4 Å². The lowest BCUT2D eigenvalue weighted by Crippen LogP contribution is -2.11. The molecular formula is C37H32F3NO. The van der Waals surface area contributed by atoms with Crippen molar-refractivity contribution in [3.63, 3.8) is 0 Å². The minimum absolute atomic E-state index is 0.237. The highest BCUT2D eigenvalue weighted by atomic mass is 19.4. The summed E-state index contributed by atoms with van der Waals surface area (Å²) in [6, 6.07) is 27.7. The van der Waals surface area contributed by atoms with E-state index in [1.807, 2.05) is 54.6 Å². The van der Waals surface area contributed by atoms with Crippen molar-refractivity contribution in [3.8, 4) is 33.5 Å². The molecule has 2 heterocycles. The first-order valence-electron chi connectivity index (χ1n) is 15.1. The Morgan fingerprint density at radius 3 is 2.05 bits per heavy atom. The van der Waals surface area contributed by atoms with Crippen LogP contribution in [0.2, 0.25) is 0 Å². The average molecular weight is 566 g/mol. The van der Waals surface area contributed by atoms with Crippen molar-refractivity contribution >= 4 is 21.9 Å². The first-order chi connectivity index (χ1) is 20.9. The van der Waals surface area contributed by atoms with E-state index in [9.17, 15) is 13.2 Å². The van der Waals surface area contributed by atoms with Crippen molar-refractivity contribution in [1.29, 1.82) is 0 Å². The minimum Gasteiger partial charge on any atom is -0.455 e. The van der Waals surface area contributed by atoms with Gasteiger partial charge in [0.25, 0.3) is 0 Å². The van der Waals surface area contributed by atoms with E-state index in [1.165, 1.54) is 12.1 Å². The summed E-state index contributed by atoms with van der Waals surface area (Å²) in [5, 5.41) is 1.00. The summed E-state index contributed by atoms with van der Waals surface area (Å²) in [7, 11) is 0. The van der Waals surface area contributed by atoms with Gasteiger partial charge in [0.2, 0.25) is 0 Å². The Morgan fingerprint density at radius 1 is 0.714 bits per heavy atom. The van der Waals surface area contributed by atoms with Crippen LogP contribution in [0.25, 0.3) is 55.4 Å². The fourth-order valence-electron chi connectivity index (χ4n) is 5.79. The molecule has 0 aliphatic rings. The van der Waals surface area contributed by atoms with Crippen LogP contribution in [0.5, 0.6) is 0 Å². The quantitative estimate of drug-likeness (QED) is 0.201. The van der Waals surface area contributed by atoms with Crippen molar-refractivity contribution in [2.24, 2.45) is 0 Å². The van der Waals surface area contributed by atoms with Crippen LogP contribution < -0.4 is 0 Å². The van der Waals surface area contributed by atoms with E-state index in [4.69, 9.17) is 7.16 Å². The van der Waals surface area contributed by atoms with E-state index < -0.39 is 18.1 Å². The molecule has 0 spiro atoms. The van der Waals surface area contributed by atoms with Crippen LogP contribution in [0.1, 0.15) is 59.0 Å². The first-order valence-corrected chi connectivity index (χ1v) is 14.1.